The number of likely N-dealkylation sites (N-methyl/N-ethyl adjacent to an activating group) is 1. The Hall–Kier alpha value is -0.580. The summed E-state index contributed by atoms with van der Waals surface area (Å²) in [7, 11) is 0. The van der Waals surface area contributed by atoms with Crippen LogP contribution in [0, 0.1) is 0 Å². The Balaban J connectivity index is 2.61. The normalized spacial score (nSPS) is 12.5. The molecule has 0 aliphatic carbocycles. The first kappa shape index (κ1) is 16.5. The summed E-state index contributed by atoms with van der Waals surface area (Å²) in [6.45, 7) is 9.07. The van der Waals surface area contributed by atoms with Crippen LogP contribution in [0.15, 0.2) is 22.7 Å². The van der Waals surface area contributed by atoms with Crippen LogP contribution in [0.25, 0.3) is 0 Å². The number of halogens is 2. The van der Waals surface area contributed by atoms with Gasteiger partial charge in [-0.3, -0.25) is 4.79 Å². The predicted octanol–water partition coefficient (Wildman–Crippen LogP) is 3.56. The first-order valence-electron chi connectivity index (χ1n) is 6.46. The van der Waals surface area contributed by atoms with Gasteiger partial charge in [0.15, 0.2) is 0 Å². The minimum absolute atomic E-state index is 0.0888. The van der Waals surface area contributed by atoms with Crippen LogP contribution in [-0.4, -0.2) is 36.5 Å². The molecule has 0 fully saturated rings. The quantitative estimate of drug-likeness (QED) is 0.853. The fourth-order valence-corrected chi connectivity index (χ4v) is 2.29. The zero-order valence-electron chi connectivity index (χ0n) is 11.5. The highest BCUT2D eigenvalue weighted by Gasteiger charge is 2.13. The van der Waals surface area contributed by atoms with E-state index >= 15 is 0 Å². The Kier molecular flexibility index (Phi) is 6.83. The van der Waals surface area contributed by atoms with Crippen LogP contribution in [-0.2, 0) is 0 Å². The lowest BCUT2D eigenvalue weighted by Crippen LogP contribution is -2.41. The van der Waals surface area contributed by atoms with Crippen molar-refractivity contribution in [2.24, 2.45) is 0 Å². The van der Waals surface area contributed by atoms with Gasteiger partial charge in [-0.1, -0.05) is 25.4 Å². The number of carbonyl (C=O) groups is 1. The average Bonchev–Trinajstić information content (AvgIpc) is 2.38. The number of nitrogens with zero attached hydrogens (tertiary/aromatic N) is 1. The molecule has 5 heteroatoms. The molecule has 3 nitrogen and oxygen atoms in total. The van der Waals surface area contributed by atoms with Crippen molar-refractivity contribution in [1.82, 2.24) is 10.2 Å². The van der Waals surface area contributed by atoms with E-state index < -0.39 is 0 Å². The van der Waals surface area contributed by atoms with E-state index in [1.165, 1.54) is 0 Å². The summed E-state index contributed by atoms with van der Waals surface area (Å²) in [6, 6.07) is 5.32. The maximum Gasteiger partial charge on any atom is 0.251 e. The first-order chi connectivity index (χ1) is 8.97. The monoisotopic (exact) mass is 346 g/mol. The van der Waals surface area contributed by atoms with Gasteiger partial charge in [-0.25, -0.2) is 0 Å². The second-order valence-electron chi connectivity index (χ2n) is 4.49. The lowest BCUT2D eigenvalue weighted by Gasteiger charge is -2.23. The highest BCUT2D eigenvalue weighted by atomic mass is 79.9. The number of benzene rings is 1. The van der Waals surface area contributed by atoms with Crippen molar-refractivity contribution in [2.75, 3.05) is 19.6 Å². The van der Waals surface area contributed by atoms with Gasteiger partial charge < -0.3 is 10.2 Å². The van der Waals surface area contributed by atoms with E-state index in [4.69, 9.17) is 11.6 Å². The molecule has 1 aromatic carbocycles. The van der Waals surface area contributed by atoms with Crippen molar-refractivity contribution in [3.8, 4) is 0 Å². The maximum absolute atomic E-state index is 12.1. The number of hydrogen-bond acceptors (Lipinski definition) is 2. The molecule has 0 radical (unpaired) electrons. The highest BCUT2D eigenvalue weighted by Crippen LogP contribution is 2.23. The third-order valence-corrected chi connectivity index (χ3v) is 4.22. The van der Waals surface area contributed by atoms with Crippen LogP contribution in [0.4, 0.5) is 0 Å². The Morgan fingerprint density at radius 1 is 1.42 bits per heavy atom. The van der Waals surface area contributed by atoms with Crippen molar-refractivity contribution in [2.45, 2.75) is 26.8 Å². The molecule has 106 valence electrons. The lowest BCUT2D eigenvalue weighted by molar-refractivity contribution is 0.0930. The molecular formula is C14H20BrClN2O. The van der Waals surface area contributed by atoms with Crippen LogP contribution >= 0.6 is 27.5 Å². The second kappa shape index (κ2) is 7.88. The minimum Gasteiger partial charge on any atom is -0.348 e. The summed E-state index contributed by atoms with van der Waals surface area (Å²) in [4.78, 5) is 14.4. The molecule has 0 aliphatic rings. The molecule has 1 rings (SSSR count). The third-order valence-electron chi connectivity index (χ3n) is 2.99. The number of amides is 1. The molecule has 1 unspecified atom stereocenters. The minimum atomic E-state index is -0.0888. The van der Waals surface area contributed by atoms with E-state index in [9.17, 15) is 4.79 Å². The first-order valence-corrected chi connectivity index (χ1v) is 7.63. The van der Waals surface area contributed by atoms with Gasteiger partial charge in [0.1, 0.15) is 0 Å². The lowest BCUT2D eigenvalue weighted by atomic mass is 10.2. The Labute approximate surface area is 128 Å². The maximum atomic E-state index is 12.1. The van der Waals surface area contributed by atoms with Gasteiger partial charge >= 0.3 is 0 Å². The predicted molar refractivity (Wildman–Crippen MR) is 83.9 cm³/mol. The van der Waals surface area contributed by atoms with Crippen molar-refractivity contribution in [1.29, 1.82) is 0 Å². The Morgan fingerprint density at radius 2 is 2.05 bits per heavy atom. The van der Waals surface area contributed by atoms with Crippen molar-refractivity contribution >= 4 is 33.4 Å². The molecule has 0 bridgehead atoms. The van der Waals surface area contributed by atoms with Gasteiger partial charge in [0.2, 0.25) is 0 Å². The SMILES string of the molecule is CCN(CC)CC(C)NC(=O)c1ccc(Br)c(Cl)c1. The molecule has 0 aromatic heterocycles. The number of rotatable bonds is 6. The number of nitrogens with one attached hydrogen (secondary N) is 1. The third kappa shape index (κ3) is 5.13. The molecule has 0 heterocycles. The van der Waals surface area contributed by atoms with Crippen molar-refractivity contribution in [3.63, 3.8) is 0 Å². The summed E-state index contributed by atoms with van der Waals surface area (Å²) in [5.74, 6) is -0.0888. The molecular weight excluding hydrogens is 328 g/mol. The largest absolute Gasteiger partial charge is 0.348 e. The molecule has 19 heavy (non-hydrogen) atoms. The zero-order valence-corrected chi connectivity index (χ0v) is 13.9. The molecule has 0 saturated carbocycles. The van der Waals surface area contributed by atoms with E-state index in [1.807, 2.05) is 6.92 Å². The van der Waals surface area contributed by atoms with Crippen molar-refractivity contribution < 1.29 is 4.79 Å². The summed E-state index contributed by atoms with van der Waals surface area (Å²) >= 11 is 9.30. The van der Waals surface area contributed by atoms with Gasteiger partial charge in [0.25, 0.3) is 5.91 Å². The molecule has 1 atom stereocenters. The molecule has 1 N–H and O–H groups in total. The highest BCUT2D eigenvalue weighted by molar-refractivity contribution is 9.10. The number of carbonyl (C=O) groups excluding carboxylic acids is 1. The topological polar surface area (TPSA) is 32.3 Å². The van der Waals surface area contributed by atoms with Gasteiger partial charge in [-0.15, -0.1) is 0 Å². The smallest absolute Gasteiger partial charge is 0.251 e. The molecule has 1 aromatic rings. The number of hydrogen-bond donors (Lipinski definition) is 1. The van der Waals surface area contributed by atoms with Gasteiger partial charge in [-0.2, -0.15) is 0 Å². The molecule has 1 amide bonds. The van der Waals surface area contributed by atoms with E-state index in [2.05, 4.69) is 40.0 Å². The standard InChI is InChI=1S/C14H20BrClN2O/c1-4-18(5-2)9-10(3)17-14(19)11-6-7-12(15)13(16)8-11/h6-8,10H,4-5,9H2,1-3H3,(H,17,19). The van der Waals surface area contributed by atoms with Gasteiger partial charge in [-0.05, 0) is 54.1 Å². The van der Waals surface area contributed by atoms with E-state index in [1.54, 1.807) is 18.2 Å². The second-order valence-corrected chi connectivity index (χ2v) is 5.75. The van der Waals surface area contributed by atoms with Crippen molar-refractivity contribution in [3.05, 3.63) is 33.3 Å². The van der Waals surface area contributed by atoms with Gasteiger partial charge in [0, 0.05) is 22.6 Å². The Morgan fingerprint density at radius 3 is 2.58 bits per heavy atom. The molecule has 0 spiro atoms. The van der Waals surface area contributed by atoms with Crippen LogP contribution in [0.3, 0.4) is 0 Å². The summed E-state index contributed by atoms with van der Waals surface area (Å²) < 4.78 is 0.793. The van der Waals surface area contributed by atoms with Gasteiger partial charge in [0.05, 0.1) is 5.02 Å². The summed E-state index contributed by atoms with van der Waals surface area (Å²) in [5, 5.41) is 3.53. The average molecular weight is 348 g/mol. The molecule has 0 saturated heterocycles. The summed E-state index contributed by atoms with van der Waals surface area (Å²) in [6.07, 6.45) is 0. The van der Waals surface area contributed by atoms with Crippen LogP contribution in [0.5, 0.6) is 0 Å². The fraction of sp³-hybridized carbons (Fsp3) is 0.500. The molecule has 0 aliphatic heterocycles. The zero-order chi connectivity index (χ0) is 14.4. The van der Waals surface area contributed by atoms with Crippen LogP contribution in [0.2, 0.25) is 5.02 Å². The van der Waals surface area contributed by atoms with Crippen LogP contribution in [0.1, 0.15) is 31.1 Å². The van der Waals surface area contributed by atoms with Crippen LogP contribution < -0.4 is 5.32 Å². The van der Waals surface area contributed by atoms with E-state index in [0.29, 0.717) is 10.6 Å². The fourth-order valence-electron chi connectivity index (χ4n) is 1.86. The van der Waals surface area contributed by atoms with E-state index in [-0.39, 0.29) is 11.9 Å². The summed E-state index contributed by atoms with van der Waals surface area (Å²) in [5.41, 5.74) is 0.583. The van der Waals surface area contributed by atoms with E-state index in [0.717, 1.165) is 24.1 Å². The Bertz CT molecular complexity index is 435.